The van der Waals surface area contributed by atoms with Crippen LogP contribution in [-0.2, 0) is 11.2 Å². The molecule has 0 unspecified atom stereocenters. The molecule has 0 bridgehead atoms. The van der Waals surface area contributed by atoms with Crippen LogP contribution >= 0.6 is 0 Å². The predicted molar refractivity (Wildman–Crippen MR) is 73.1 cm³/mol. The van der Waals surface area contributed by atoms with E-state index in [2.05, 4.69) is 0 Å². The van der Waals surface area contributed by atoms with Crippen LogP contribution in [0.1, 0.15) is 5.56 Å². The van der Waals surface area contributed by atoms with Crippen molar-refractivity contribution in [3.8, 4) is 0 Å². The SMILES string of the molecule is N[C@H](Cc1ccccc1)C(=O)Nc1c(F)cc(F)cc1F. The van der Waals surface area contributed by atoms with Gasteiger partial charge in [0.25, 0.3) is 0 Å². The maximum atomic E-state index is 13.4. The molecule has 0 aliphatic carbocycles. The molecule has 21 heavy (non-hydrogen) atoms. The van der Waals surface area contributed by atoms with E-state index in [9.17, 15) is 18.0 Å². The van der Waals surface area contributed by atoms with Crippen molar-refractivity contribution >= 4 is 11.6 Å². The first-order valence-electron chi connectivity index (χ1n) is 6.22. The number of carbonyl (C=O) groups excluding carboxylic acids is 1. The molecule has 0 saturated carbocycles. The number of hydrogen-bond donors (Lipinski definition) is 2. The third-order valence-corrected chi connectivity index (χ3v) is 2.89. The van der Waals surface area contributed by atoms with Crippen LogP contribution in [-0.4, -0.2) is 11.9 Å². The van der Waals surface area contributed by atoms with E-state index in [4.69, 9.17) is 5.73 Å². The van der Waals surface area contributed by atoms with Crippen molar-refractivity contribution < 1.29 is 18.0 Å². The van der Waals surface area contributed by atoms with Gasteiger partial charge in [-0.1, -0.05) is 30.3 Å². The lowest BCUT2D eigenvalue weighted by Crippen LogP contribution is -2.37. The number of carbonyl (C=O) groups is 1. The number of nitrogens with two attached hydrogens (primary N) is 1. The van der Waals surface area contributed by atoms with Gasteiger partial charge in [0.2, 0.25) is 5.91 Å². The Morgan fingerprint density at radius 3 is 2.24 bits per heavy atom. The molecule has 0 fully saturated rings. The second-order valence-electron chi connectivity index (χ2n) is 4.53. The molecule has 0 heterocycles. The van der Waals surface area contributed by atoms with Crippen molar-refractivity contribution in [2.24, 2.45) is 5.73 Å². The van der Waals surface area contributed by atoms with Gasteiger partial charge >= 0.3 is 0 Å². The minimum Gasteiger partial charge on any atom is -0.320 e. The zero-order valence-electron chi connectivity index (χ0n) is 10.9. The van der Waals surface area contributed by atoms with Gasteiger partial charge in [0.05, 0.1) is 6.04 Å². The van der Waals surface area contributed by atoms with Gasteiger partial charge in [-0.05, 0) is 12.0 Å². The molecule has 3 nitrogen and oxygen atoms in total. The van der Waals surface area contributed by atoms with Crippen molar-refractivity contribution in [2.45, 2.75) is 12.5 Å². The third-order valence-electron chi connectivity index (χ3n) is 2.89. The van der Waals surface area contributed by atoms with Gasteiger partial charge in [0.15, 0.2) is 11.6 Å². The second-order valence-corrected chi connectivity index (χ2v) is 4.53. The van der Waals surface area contributed by atoms with Crippen LogP contribution in [0.25, 0.3) is 0 Å². The molecular weight excluding hydrogens is 281 g/mol. The van der Waals surface area contributed by atoms with Gasteiger partial charge in [0.1, 0.15) is 11.5 Å². The Hall–Kier alpha value is -2.34. The maximum absolute atomic E-state index is 13.4. The highest BCUT2D eigenvalue weighted by molar-refractivity contribution is 5.95. The van der Waals surface area contributed by atoms with Crippen molar-refractivity contribution in [1.29, 1.82) is 0 Å². The molecule has 2 aromatic rings. The number of rotatable bonds is 4. The smallest absolute Gasteiger partial charge is 0.241 e. The number of benzene rings is 2. The summed E-state index contributed by atoms with van der Waals surface area (Å²) in [5, 5.41) is 2.05. The van der Waals surface area contributed by atoms with Crippen LogP contribution in [0.2, 0.25) is 0 Å². The zero-order chi connectivity index (χ0) is 15.4. The molecule has 1 atom stereocenters. The Morgan fingerprint density at radius 2 is 1.67 bits per heavy atom. The van der Waals surface area contributed by atoms with Gasteiger partial charge in [-0.3, -0.25) is 4.79 Å². The van der Waals surface area contributed by atoms with Crippen molar-refractivity contribution in [3.63, 3.8) is 0 Å². The first kappa shape index (κ1) is 15.1. The quantitative estimate of drug-likeness (QED) is 0.910. The van der Waals surface area contributed by atoms with Gasteiger partial charge in [0, 0.05) is 12.1 Å². The summed E-state index contributed by atoms with van der Waals surface area (Å²) < 4.78 is 39.6. The summed E-state index contributed by atoms with van der Waals surface area (Å²) in [7, 11) is 0. The van der Waals surface area contributed by atoms with E-state index in [0.29, 0.717) is 12.1 Å². The highest BCUT2D eigenvalue weighted by Gasteiger charge is 2.19. The lowest BCUT2D eigenvalue weighted by Gasteiger charge is -2.13. The van der Waals surface area contributed by atoms with Crippen LogP contribution < -0.4 is 11.1 Å². The average Bonchev–Trinajstić information content (AvgIpc) is 2.43. The first-order chi connectivity index (χ1) is 9.97. The van der Waals surface area contributed by atoms with Crippen LogP contribution in [0, 0.1) is 17.5 Å². The van der Waals surface area contributed by atoms with E-state index in [-0.39, 0.29) is 6.42 Å². The second kappa shape index (κ2) is 6.41. The number of anilines is 1. The van der Waals surface area contributed by atoms with E-state index in [1.54, 1.807) is 24.3 Å². The van der Waals surface area contributed by atoms with Crippen LogP contribution in [0.5, 0.6) is 0 Å². The molecule has 0 spiro atoms. The summed E-state index contributed by atoms with van der Waals surface area (Å²) in [6.45, 7) is 0. The summed E-state index contributed by atoms with van der Waals surface area (Å²) in [6.07, 6.45) is 0.219. The summed E-state index contributed by atoms with van der Waals surface area (Å²) in [5.41, 5.74) is 5.81. The Bertz CT molecular complexity index is 624. The number of nitrogens with one attached hydrogen (secondary N) is 1. The van der Waals surface area contributed by atoms with Crippen LogP contribution in [0.3, 0.4) is 0 Å². The fraction of sp³-hybridized carbons (Fsp3) is 0.133. The Labute approximate surface area is 119 Å². The third kappa shape index (κ3) is 3.82. The minimum atomic E-state index is -1.19. The molecule has 6 heteroatoms. The van der Waals surface area contributed by atoms with Gasteiger partial charge in [-0.25, -0.2) is 13.2 Å². The topological polar surface area (TPSA) is 55.1 Å². The van der Waals surface area contributed by atoms with E-state index in [0.717, 1.165) is 5.56 Å². The minimum absolute atomic E-state index is 0.219. The summed E-state index contributed by atoms with van der Waals surface area (Å²) in [6, 6.07) is 8.97. The van der Waals surface area contributed by atoms with Crippen molar-refractivity contribution in [3.05, 3.63) is 65.5 Å². The molecule has 1 amide bonds. The highest BCUT2D eigenvalue weighted by Crippen LogP contribution is 2.20. The molecule has 3 N–H and O–H groups in total. The first-order valence-corrected chi connectivity index (χ1v) is 6.22. The fourth-order valence-electron chi connectivity index (χ4n) is 1.84. The van der Waals surface area contributed by atoms with E-state index < -0.39 is 35.1 Å². The standard InChI is InChI=1S/C15H13F3N2O/c16-10-7-11(17)14(12(18)8-10)20-15(21)13(19)6-9-4-2-1-3-5-9/h1-5,7-8,13H,6,19H2,(H,20,21)/t13-/m1/s1. The Kier molecular flexibility index (Phi) is 4.59. The largest absolute Gasteiger partial charge is 0.320 e. The van der Waals surface area contributed by atoms with Crippen molar-refractivity contribution in [2.75, 3.05) is 5.32 Å². The molecule has 2 aromatic carbocycles. The molecule has 0 aliphatic heterocycles. The average molecular weight is 294 g/mol. The molecule has 2 rings (SSSR count). The number of halogens is 3. The molecular formula is C15H13F3N2O. The lowest BCUT2D eigenvalue weighted by atomic mass is 10.1. The van der Waals surface area contributed by atoms with E-state index >= 15 is 0 Å². The molecule has 0 saturated heterocycles. The maximum Gasteiger partial charge on any atom is 0.241 e. The molecule has 0 radical (unpaired) electrons. The molecule has 0 aromatic heterocycles. The fourth-order valence-corrected chi connectivity index (χ4v) is 1.84. The summed E-state index contributed by atoms with van der Waals surface area (Å²) in [5.74, 6) is -4.18. The number of amides is 1. The number of hydrogen-bond acceptors (Lipinski definition) is 2. The Morgan fingerprint density at radius 1 is 1.10 bits per heavy atom. The van der Waals surface area contributed by atoms with Crippen molar-refractivity contribution in [1.82, 2.24) is 0 Å². The predicted octanol–water partition coefficient (Wildman–Crippen LogP) is 2.61. The van der Waals surface area contributed by atoms with Crippen LogP contribution in [0.15, 0.2) is 42.5 Å². The van der Waals surface area contributed by atoms with Gasteiger partial charge < -0.3 is 11.1 Å². The van der Waals surface area contributed by atoms with E-state index in [1.807, 2.05) is 11.4 Å². The molecule has 0 aliphatic rings. The molecule has 110 valence electrons. The summed E-state index contributed by atoms with van der Waals surface area (Å²) >= 11 is 0. The van der Waals surface area contributed by atoms with Crippen LogP contribution in [0.4, 0.5) is 18.9 Å². The Balaban J connectivity index is 2.08. The lowest BCUT2D eigenvalue weighted by molar-refractivity contribution is -0.117. The van der Waals surface area contributed by atoms with E-state index in [1.165, 1.54) is 0 Å². The zero-order valence-corrected chi connectivity index (χ0v) is 10.9. The van der Waals surface area contributed by atoms with Gasteiger partial charge in [-0.2, -0.15) is 0 Å². The normalized spacial score (nSPS) is 12.0. The highest BCUT2D eigenvalue weighted by atomic mass is 19.1. The summed E-state index contributed by atoms with van der Waals surface area (Å²) in [4.78, 5) is 11.8. The monoisotopic (exact) mass is 294 g/mol. The van der Waals surface area contributed by atoms with Gasteiger partial charge in [-0.15, -0.1) is 0 Å².